The number of rotatable bonds is 4. The number of amides is 1. The van der Waals surface area contributed by atoms with Crippen molar-refractivity contribution in [3.8, 4) is 0 Å². The molecule has 0 bridgehead atoms. The quantitative estimate of drug-likeness (QED) is 0.912. The van der Waals surface area contributed by atoms with Gasteiger partial charge in [0, 0.05) is 17.2 Å². The third kappa shape index (κ3) is 3.22. The number of hydrogen-bond donors (Lipinski definition) is 2. The molecule has 0 spiro atoms. The number of hydrogen-bond acceptors (Lipinski definition) is 3. The Morgan fingerprint density at radius 3 is 2.81 bits per heavy atom. The summed E-state index contributed by atoms with van der Waals surface area (Å²) in [6.07, 6.45) is 0.269. The molecule has 0 aliphatic carbocycles. The minimum Gasteiger partial charge on any atom is -0.377 e. The molecule has 2 aromatic carbocycles. The van der Waals surface area contributed by atoms with E-state index in [1.807, 2.05) is 36.0 Å². The summed E-state index contributed by atoms with van der Waals surface area (Å²) in [5, 5.41) is 3.58. The Morgan fingerprint density at radius 2 is 1.95 bits per heavy atom. The van der Waals surface area contributed by atoms with E-state index in [0.29, 0.717) is 0 Å². The first kappa shape index (κ1) is 14.0. The fourth-order valence-electron chi connectivity index (χ4n) is 2.69. The molecule has 0 saturated heterocycles. The van der Waals surface area contributed by atoms with E-state index in [4.69, 9.17) is 5.73 Å². The van der Waals surface area contributed by atoms with Crippen LogP contribution in [-0.4, -0.2) is 11.7 Å². The minimum absolute atomic E-state index is 0.269. The third-order valence-corrected chi connectivity index (χ3v) is 4.77. The first-order chi connectivity index (χ1) is 10.2. The molecule has 0 radical (unpaired) electrons. The highest BCUT2D eigenvalue weighted by Crippen LogP contribution is 2.34. The summed E-state index contributed by atoms with van der Waals surface area (Å²) in [5.41, 5.74) is 10.0. The molecule has 1 amide bonds. The van der Waals surface area contributed by atoms with E-state index < -0.39 is 0 Å². The number of anilines is 1. The van der Waals surface area contributed by atoms with Gasteiger partial charge in [-0.3, -0.25) is 4.79 Å². The zero-order valence-electron chi connectivity index (χ0n) is 11.7. The molecule has 0 saturated carbocycles. The second kappa shape index (κ2) is 6.22. The number of para-hydroxylation sites is 1. The maximum atomic E-state index is 11.2. The van der Waals surface area contributed by atoms with E-state index >= 15 is 0 Å². The molecule has 1 atom stereocenters. The maximum Gasteiger partial charge on any atom is 0.221 e. The second-order valence-electron chi connectivity index (χ2n) is 5.21. The summed E-state index contributed by atoms with van der Waals surface area (Å²) in [6, 6.07) is 16.7. The monoisotopic (exact) mass is 298 g/mol. The van der Waals surface area contributed by atoms with Crippen LogP contribution in [0.2, 0.25) is 0 Å². The van der Waals surface area contributed by atoms with E-state index in [1.165, 1.54) is 11.1 Å². The molecule has 0 aromatic heterocycles. The Hall–Kier alpha value is -1.94. The topological polar surface area (TPSA) is 55.1 Å². The van der Waals surface area contributed by atoms with Gasteiger partial charge in [-0.1, -0.05) is 42.5 Å². The van der Waals surface area contributed by atoms with Crippen LogP contribution in [0.15, 0.2) is 48.5 Å². The Bertz CT molecular complexity index is 657. The van der Waals surface area contributed by atoms with Crippen LogP contribution >= 0.6 is 11.8 Å². The fourth-order valence-corrected chi connectivity index (χ4v) is 3.79. The number of nitrogens with one attached hydrogen (secondary N) is 1. The SMILES string of the molecule is NC(=O)Cc1ccccc1NC1CSCc2ccccc21. The lowest BCUT2D eigenvalue weighted by Gasteiger charge is -2.27. The first-order valence-electron chi connectivity index (χ1n) is 7.02. The highest BCUT2D eigenvalue weighted by atomic mass is 32.2. The number of primary amides is 1. The molecular weight excluding hydrogens is 280 g/mol. The number of nitrogens with two attached hydrogens (primary N) is 1. The van der Waals surface area contributed by atoms with E-state index in [0.717, 1.165) is 22.8 Å². The third-order valence-electron chi connectivity index (χ3n) is 3.68. The molecule has 3 N–H and O–H groups in total. The summed E-state index contributed by atoms with van der Waals surface area (Å²) >= 11 is 1.93. The highest BCUT2D eigenvalue weighted by Gasteiger charge is 2.20. The van der Waals surface area contributed by atoms with Crippen LogP contribution in [0.4, 0.5) is 5.69 Å². The summed E-state index contributed by atoms with van der Waals surface area (Å²) in [5.74, 6) is 1.79. The van der Waals surface area contributed by atoms with Gasteiger partial charge in [0.2, 0.25) is 5.91 Å². The smallest absolute Gasteiger partial charge is 0.221 e. The van der Waals surface area contributed by atoms with E-state index in [1.54, 1.807) is 0 Å². The largest absolute Gasteiger partial charge is 0.377 e. The van der Waals surface area contributed by atoms with Gasteiger partial charge in [-0.2, -0.15) is 11.8 Å². The molecule has 3 nitrogen and oxygen atoms in total. The zero-order valence-corrected chi connectivity index (χ0v) is 12.5. The lowest BCUT2D eigenvalue weighted by molar-refractivity contribution is -0.117. The molecule has 108 valence electrons. The maximum absolute atomic E-state index is 11.2. The summed E-state index contributed by atoms with van der Waals surface area (Å²) in [4.78, 5) is 11.2. The van der Waals surface area contributed by atoms with Gasteiger partial charge in [-0.25, -0.2) is 0 Å². The molecule has 1 aliphatic rings. The van der Waals surface area contributed by atoms with Crippen LogP contribution in [0.25, 0.3) is 0 Å². The van der Waals surface area contributed by atoms with Crippen LogP contribution in [0, 0.1) is 0 Å². The molecular formula is C17H18N2OS. The number of thioether (sulfide) groups is 1. The Kier molecular flexibility index (Phi) is 4.15. The first-order valence-corrected chi connectivity index (χ1v) is 8.18. The summed E-state index contributed by atoms with van der Waals surface area (Å²) in [7, 11) is 0. The van der Waals surface area contributed by atoms with Gasteiger partial charge >= 0.3 is 0 Å². The average molecular weight is 298 g/mol. The molecule has 2 aromatic rings. The predicted molar refractivity (Wildman–Crippen MR) is 88.3 cm³/mol. The van der Waals surface area contributed by atoms with Crippen LogP contribution in [0.3, 0.4) is 0 Å². The van der Waals surface area contributed by atoms with E-state index in [-0.39, 0.29) is 18.4 Å². The Balaban J connectivity index is 1.86. The number of carbonyl (C=O) groups excluding carboxylic acids is 1. The van der Waals surface area contributed by atoms with Gasteiger partial charge < -0.3 is 11.1 Å². The minimum atomic E-state index is -0.303. The van der Waals surface area contributed by atoms with Crippen molar-refractivity contribution in [3.05, 3.63) is 65.2 Å². The van der Waals surface area contributed by atoms with Crippen molar-refractivity contribution in [1.29, 1.82) is 0 Å². The van der Waals surface area contributed by atoms with Crippen molar-refractivity contribution < 1.29 is 4.79 Å². The van der Waals surface area contributed by atoms with Crippen LogP contribution < -0.4 is 11.1 Å². The average Bonchev–Trinajstić information content (AvgIpc) is 2.49. The molecule has 1 heterocycles. The molecule has 0 fully saturated rings. The van der Waals surface area contributed by atoms with Crippen molar-refractivity contribution in [2.45, 2.75) is 18.2 Å². The van der Waals surface area contributed by atoms with Crippen LogP contribution in [0.5, 0.6) is 0 Å². The predicted octanol–water partition coefficient (Wildman–Crippen LogP) is 3.11. The molecule has 3 rings (SSSR count). The summed E-state index contributed by atoms with van der Waals surface area (Å²) < 4.78 is 0. The number of carbonyl (C=O) groups is 1. The highest BCUT2D eigenvalue weighted by molar-refractivity contribution is 7.98. The van der Waals surface area contributed by atoms with Gasteiger partial charge in [0.1, 0.15) is 0 Å². The molecule has 1 aliphatic heterocycles. The van der Waals surface area contributed by atoms with Gasteiger partial charge in [0.05, 0.1) is 12.5 Å². The zero-order chi connectivity index (χ0) is 14.7. The fraction of sp³-hybridized carbons (Fsp3) is 0.235. The number of fused-ring (bicyclic) bond motifs is 1. The summed E-state index contributed by atoms with van der Waals surface area (Å²) in [6.45, 7) is 0. The van der Waals surface area contributed by atoms with Crippen LogP contribution in [-0.2, 0) is 17.0 Å². The number of benzene rings is 2. The normalized spacial score (nSPS) is 17.0. The lowest BCUT2D eigenvalue weighted by atomic mass is 10.0. The van der Waals surface area contributed by atoms with Crippen molar-refractivity contribution in [3.63, 3.8) is 0 Å². The van der Waals surface area contributed by atoms with Crippen molar-refractivity contribution in [1.82, 2.24) is 0 Å². The van der Waals surface area contributed by atoms with Gasteiger partial charge in [-0.05, 0) is 22.8 Å². The van der Waals surface area contributed by atoms with Gasteiger partial charge in [0.25, 0.3) is 0 Å². The van der Waals surface area contributed by atoms with E-state index in [2.05, 4.69) is 29.6 Å². The second-order valence-corrected chi connectivity index (χ2v) is 6.24. The lowest BCUT2D eigenvalue weighted by Crippen LogP contribution is -2.20. The van der Waals surface area contributed by atoms with Crippen molar-refractivity contribution >= 4 is 23.4 Å². The van der Waals surface area contributed by atoms with Crippen LogP contribution in [0.1, 0.15) is 22.7 Å². The molecule has 1 unspecified atom stereocenters. The molecule has 21 heavy (non-hydrogen) atoms. The Labute approximate surface area is 128 Å². The van der Waals surface area contributed by atoms with Gasteiger partial charge in [-0.15, -0.1) is 0 Å². The Morgan fingerprint density at radius 1 is 1.19 bits per heavy atom. The van der Waals surface area contributed by atoms with Gasteiger partial charge in [0.15, 0.2) is 0 Å². The van der Waals surface area contributed by atoms with Crippen molar-refractivity contribution in [2.75, 3.05) is 11.1 Å². The molecule has 4 heteroatoms. The van der Waals surface area contributed by atoms with E-state index in [9.17, 15) is 4.79 Å². The standard InChI is InChI=1S/C17H18N2OS/c18-17(20)9-12-5-2-4-8-15(12)19-16-11-21-10-13-6-1-3-7-14(13)16/h1-8,16,19H,9-11H2,(H2,18,20). The van der Waals surface area contributed by atoms with Crippen molar-refractivity contribution in [2.24, 2.45) is 5.73 Å².